The fourth-order valence-electron chi connectivity index (χ4n) is 1.30. The second-order valence-electron chi connectivity index (χ2n) is 5.18. The molecule has 1 heterocycles. The monoisotopic (exact) mass is 285 g/mol. The number of nitrogens with zero attached hydrogens (tertiary/aromatic N) is 2. The van der Waals surface area contributed by atoms with Gasteiger partial charge >= 0.3 is 12.1 Å². The highest BCUT2D eigenvalue weighted by Crippen LogP contribution is 2.06. The molecule has 1 aromatic heterocycles. The van der Waals surface area contributed by atoms with Gasteiger partial charge in [0.05, 0.1) is 6.42 Å². The molecule has 0 fully saturated rings. The number of carboxylic acids is 1. The van der Waals surface area contributed by atoms with E-state index >= 15 is 0 Å². The Morgan fingerprint density at radius 3 is 2.65 bits per heavy atom. The number of aliphatic carboxylic acids is 1. The van der Waals surface area contributed by atoms with Crippen molar-refractivity contribution in [2.24, 2.45) is 0 Å². The number of ether oxygens (including phenoxy) is 1. The van der Waals surface area contributed by atoms with Crippen LogP contribution in [0.5, 0.6) is 0 Å². The molecule has 0 bridgehead atoms. The van der Waals surface area contributed by atoms with Crippen LogP contribution >= 0.6 is 0 Å². The Balaban J connectivity index is 2.29. The Hall–Kier alpha value is -2.12. The Morgan fingerprint density at radius 1 is 1.35 bits per heavy atom. The third kappa shape index (κ3) is 6.72. The first-order valence-corrected chi connectivity index (χ1v) is 6.26. The van der Waals surface area contributed by atoms with Crippen molar-refractivity contribution in [3.8, 4) is 0 Å². The Kier molecular flexibility index (Phi) is 5.48. The zero-order valence-corrected chi connectivity index (χ0v) is 11.8. The third-order valence-corrected chi connectivity index (χ3v) is 2.08. The molecule has 112 valence electrons. The summed E-state index contributed by atoms with van der Waals surface area (Å²) in [5, 5.41) is 14.7. The van der Waals surface area contributed by atoms with E-state index < -0.39 is 17.7 Å². The standard InChI is InChI=1S/C12H19N3O5/c1-12(2,3)19-11(18)13-7-6-9-14-8(15-20-9)4-5-10(16)17/h4-7H2,1-3H3,(H,13,18)(H,16,17). The number of aromatic nitrogens is 2. The van der Waals surface area contributed by atoms with Crippen molar-refractivity contribution in [2.45, 2.75) is 45.6 Å². The number of carbonyl (C=O) groups is 2. The molecule has 0 aliphatic heterocycles. The molecule has 0 radical (unpaired) electrons. The molecule has 20 heavy (non-hydrogen) atoms. The highest BCUT2D eigenvalue weighted by molar-refractivity contribution is 5.67. The zero-order valence-electron chi connectivity index (χ0n) is 11.8. The predicted molar refractivity (Wildman–Crippen MR) is 68.2 cm³/mol. The number of amides is 1. The lowest BCUT2D eigenvalue weighted by Gasteiger charge is -2.19. The van der Waals surface area contributed by atoms with E-state index in [1.54, 1.807) is 20.8 Å². The van der Waals surface area contributed by atoms with Gasteiger partial charge < -0.3 is 19.7 Å². The van der Waals surface area contributed by atoms with Crippen LogP contribution in [0.3, 0.4) is 0 Å². The van der Waals surface area contributed by atoms with Crippen molar-refractivity contribution in [2.75, 3.05) is 6.54 Å². The summed E-state index contributed by atoms with van der Waals surface area (Å²) in [7, 11) is 0. The maximum Gasteiger partial charge on any atom is 0.407 e. The van der Waals surface area contributed by atoms with Crippen molar-refractivity contribution in [3.63, 3.8) is 0 Å². The number of nitrogens with one attached hydrogen (secondary N) is 1. The Labute approximate surface area is 116 Å². The molecule has 0 aliphatic rings. The maximum atomic E-state index is 11.4. The number of alkyl carbamates (subject to hydrolysis) is 1. The van der Waals surface area contributed by atoms with Gasteiger partial charge in [-0.25, -0.2) is 4.79 Å². The smallest absolute Gasteiger partial charge is 0.407 e. The van der Waals surface area contributed by atoms with Gasteiger partial charge in [-0.1, -0.05) is 5.16 Å². The Morgan fingerprint density at radius 2 is 2.05 bits per heavy atom. The van der Waals surface area contributed by atoms with E-state index in [1.165, 1.54) is 0 Å². The van der Waals surface area contributed by atoms with Gasteiger partial charge in [0.15, 0.2) is 5.82 Å². The van der Waals surface area contributed by atoms with E-state index in [0.717, 1.165) is 0 Å². The first-order valence-electron chi connectivity index (χ1n) is 6.26. The van der Waals surface area contributed by atoms with Crippen LogP contribution in [0.15, 0.2) is 4.52 Å². The lowest BCUT2D eigenvalue weighted by molar-refractivity contribution is -0.137. The van der Waals surface area contributed by atoms with Gasteiger partial charge in [0, 0.05) is 19.4 Å². The number of carbonyl (C=O) groups excluding carboxylic acids is 1. The summed E-state index contributed by atoms with van der Waals surface area (Å²) in [5.74, 6) is -0.218. The lowest BCUT2D eigenvalue weighted by atomic mass is 10.2. The summed E-state index contributed by atoms with van der Waals surface area (Å²) in [6, 6.07) is 0. The molecule has 1 rings (SSSR count). The van der Waals surface area contributed by atoms with E-state index in [1.807, 2.05) is 0 Å². The average molecular weight is 285 g/mol. The molecule has 0 saturated heterocycles. The summed E-state index contributed by atoms with van der Waals surface area (Å²) in [6.45, 7) is 5.63. The molecule has 1 aromatic rings. The molecule has 0 atom stereocenters. The molecule has 0 unspecified atom stereocenters. The van der Waals surface area contributed by atoms with E-state index in [0.29, 0.717) is 24.7 Å². The fraction of sp³-hybridized carbons (Fsp3) is 0.667. The third-order valence-electron chi connectivity index (χ3n) is 2.08. The fourth-order valence-corrected chi connectivity index (χ4v) is 1.30. The maximum absolute atomic E-state index is 11.4. The summed E-state index contributed by atoms with van der Waals surface area (Å²) in [5.41, 5.74) is -0.543. The van der Waals surface area contributed by atoms with E-state index in [9.17, 15) is 9.59 Å². The van der Waals surface area contributed by atoms with Crippen LogP contribution in [-0.2, 0) is 22.4 Å². The minimum Gasteiger partial charge on any atom is -0.481 e. The van der Waals surface area contributed by atoms with Crippen LogP contribution in [0.4, 0.5) is 4.79 Å². The first kappa shape index (κ1) is 15.9. The number of hydrogen-bond donors (Lipinski definition) is 2. The number of rotatable bonds is 6. The minimum atomic E-state index is -0.914. The molecule has 0 saturated carbocycles. The van der Waals surface area contributed by atoms with Crippen LogP contribution in [0.25, 0.3) is 0 Å². The quantitative estimate of drug-likeness (QED) is 0.805. The van der Waals surface area contributed by atoms with Crippen LogP contribution in [0.1, 0.15) is 38.9 Å². The average Bonchev–Trinajstić information content (AvgIpc) is 2.72. The number of aryl methyl sites for hydroxylation is 1. The topological polar surface area (TPSA) is 115 Å². The lowest BCUT2D eigenvalue weighted by Crippen LogP contribution is -2.33. The summed E-state index contributed by atoms with van der Waals surface area (Å²) in [4.78, 5) is 25.8. The first-order chi connectivity index (χ1) is 9.26. The molecular formula is C12H19N3O5. The molecule has 8 nitrogen and oxygen atoms in total. The van der Waals surface area contributed by atoms with Crippen LogP contribution < -0.4 is 5.32 Å². The van der Waals surface area contributed by atoms with Crippen molar-refractivity contribution in [3.05, 3.63) is 11.7 Å². The predicted octanol–water partition coefficient (Wildman–Crippen LogP) is 1.15. The van der Waals surface area contributed by atoms with Crippen molar-refractivity contribution < 1.29 is 24.0 Å². The second kappa shape index (κ2) is 6.88. The van der Waals surface area contributed by atoms with Gasteiger partial charge in [-0.2, -0.15) is 4.98 Å². The molecule has 8 heteroatoms. The molecule has 0 spiro atoms. The molecule has 1 amide bonds. The largest absolute Gasteiger partial charge is 0.481 e. The number of hydrogen-bond acceptors (Lipinski definition) is 6. The van der Waals surface area contributed by atoms with Gasteiger partial charge in [-0.3, -0.25) is 4.79 Å². The van der Waals surface area contributed by atoms with Crippen molar-refractivity contribution >= 4 is 12.1 Å². The highest BCUT2D eigenvalue weighted by Gasteiger charge is 2.16. The van der Waals surface area contributed by atoms with E-state index in [2.05, 4.69) is 15.5 Å². The van der Waals surface area contributed by atoms with Crippen LogP contribution in [0.2, 0.25) is 0 Å². The molecule has 0 aromatic carbocycles. The normalized spacial score (nSPS) is 11.2. The van der Waals surface area contributed by atoms with Crippen molar-refractivity contribution in [1.29, 1.82) is 0 Å². The molecular weight excluding hydrogens is 266 g/mol. The van der Waals surface area contributed by atoms with Crippen LogP contribution in [0, 0.1) is 0 Å². The SMILES string of the molecule is CC(C)(C)OC(=O)NCCc1nc(CCC(=O)O)no1. The van der Waals surface area contributed by atoms with Gasteiger partial charge in [-0.05, 0) is 20.8 Å². The van der Waals surface area contributed by atoms with E-state index in [-0.39, 0.29) is 12.8 Å². The van der Waals surface area contributed by atoms with Gasteiger partial charge in [0.25, 0.3) is 0 Å². The summed E-state index contributed by atoms with van der Waals surface area (Å²) in [6.07, 6.45) is 0.0235. The Bertz CT molecular complexity index is 464. The minimum absolute atomic E-state index is 0.0465. The van der Waals surface area contributed by atoms with Gasteiger partial charge in [-0.15, -0.1) is 0 Å². The second-order valence-corrected chi connectivity index (χ2v) is 5.18. The van der Waals surface area contributed by atoms with Gasteiger partial charge in [0.1, 0.15) is 5.60 Å². The molecule has 0 aliphatic carbocycles. The van der Waals surface area contributed by atoms with Crippen LogP contribution in [-0.4, -0.2) is 39.5 Å². The number of carboxylic acid groups (broad SMARTS) is 1. The van der Waals surface area contributed by atoms with Crippen molar-refractivity contribution in [1.82, 2.24) is 15.5 Å². The zero-order chi connectivity index (χ0) is 15.2. The van der Waals surface area contributed by atoms with E-state index in [4.69, 9.17) is 14.4 Å². The van der Waals surface area contributed by atoms with Gasteiger partial charge in [0.2, 0.25) is 5.89 Å². The summed E-state index contributed by atoms with van der Waals surface area (Å²) >= 11 is 0. The highest BCUT2D eigenvalue weighted by atomic mass is 16.6. The molecule has 2 N–H and O–H groups in total. The summed E-state index contributed by atoms with van der Waals surface area (Å²) < 4.78 is 10.00.